The van der Waals surface area contributed by atoms with Gasteiger partial charge in [0, 0.05) is 44.6 Å². The minimum Gasteiger partial charge on any atom is -0.472 e. The second-order valence-electron chi connectivity index (χ2n) is 8.12. The minimum absolute atomic E-state index is 0.0474. The molecule has 30 heavy (non-hydrogen) atoms. The first kappa shape index (κ1) is 19.8. The average Bonchev–Trinajstić information content (AvgIpc) is 3.50. The van der Waals surface area contributed by atoms with Gasteiger partial charge in [0.05, 0.1) is 18.1 Å². The molecule has 2 saturated heterocycles. The molecular weight excluding hydrogens is 414 g/mol. The van der Waals surface area contributed by atoms with E-state index < -0.39 is 26.6 Å². The molecule has 0 amide bonds. The lowest BCUT2D eigenvalue weighted by molar-refractivity contribution is 0.151. The lowest BCUT2D eigenvalue weighted by Crippen LogP contribution is -2.52. The van der Waals surface area contributed by atoms with Crippen LogP contribution in [0.5, 0.6) is 5.88 Å². The number of piperazine rings is 1. The number of hydrogen-bond acceptors (Lipinski definition) is 6. The summed E-state index contributed by atoms with van der Waals surface area (Å²) >= 11 is 0. The lowest BCUT2D eigenvalue weighted by Gasteiger charge is -2.36. The van der Waals surface area contributed by atoms with Crippen LogP contribution in [0, 0.1) is 11.6 Å². The van der Waals surface area contributed by atoms with Gasteiger partial charge < -0.3 is 4.74 Å². The van der Waals surface area contributed by atoms with Gasteiger partial charge in [-0.2, -0.15) is 4.31 Å². The molecule has 0 N–H and O–H groups in total. The van der Waals surface area contributed by atoms with Crippen molar-refractivity contribution >= 4 is 10.0 Å². The molecule has 1 aliphatic carbocycles. The molecule has 1 aromatic carbocycles. The summed E-state index contributed by atoms with van der Waals surface area (Å²) in [4.78, 5) is 10.3. The molecule has 2 atom stereocenters. The Morgan fingerprint density at radius 2 is 1.90 bits per heavy atom. The molecule has 3 heterocycles. The predicted molar refractivity (Wildman–Crippen MR) is 104 cm³/mol. The molecule has 5 rings (SSSR count). The van der Waals surface area contributed by atoms with Gasteiger partial charge >= 0.3 is 0 Å². The number of sulfonamides is 1. The summed E-state index contributed by atoms with van der Waals surface area (Å²) < 4.78 is 60.5. The van der Waals surface area contributed by atoms with Gasteiger partial charge in [-0.05, 0) is 31.0 Å². The van der Waals surface area contributed by atoms with Gasteiger partial charge in [0.2, 0.25) is 15.9 Å². The van der Waals surface area contributed by atoms with E-state index in [1.165, 1.54) is 4.31 Å². The van der Waals surface area contributed by atoms with Crippen molar-refractivity contribution in [3.63, 3.8) is 0 Å². The molecular formula is C20H22F2N4O3S. The third-order valence-electron chi connectivity index (χ3n) is 5.98. The fourth-order valence-corrected chi connectivity index (χ4v) is 5.78. The number of benzene rings is 1. The van der Waals surface area contributed by atoms with E-state index in [9.17, 15) is 17.2 Å². The van der Waals surface area contributed by atoms with Crippen molar-refractivity contribution in [1.82, 2.24) is 19.2 Å². The van der Waals surface area contributed by atoms with Crippen LogP contribution < -0.4 is 4.74 Å². The summed E-state index contributed by atoms with van der Waals surface area (Å²) in [6.45, 7) is 1.60. The van der Waals surface area contributed by atoms with Gasteiger partial charge in [-0.1, -0.05) is 0 Å². The first-order valence-corrected chi connectivity index (χ1v) is 11.5. The third kappa shape index (κ3) is 3.79. The number of halogens is 2. The van der Waals surface area contributed by atoms with Gasteiger partial charge in [-0.3, -0.25) is 9.88 Å². The van der Waals surface area contributed by atoms with Crippen LogP contribution in [0.2, 0.25) is 0 Å². The van der Waals surface area contributed by atoms with Crippen LogP contribution in [-0.4, -0.2) is 65.9 Å². The van der Waals surface area contributed by atoms with Gasteiger partial charge in [0.25, 0.3) is 0 Å². The molecule has 3 aliphatic rings. The maximum Gasteiger partial charge on any atom is 0.246 e. The van der Waals surface area contributed by atoms with Crippen LogP contribution in [0.3, 0.4) is 0 Å². The van der Waals surface area contributed by atoms with E-state index in [1.807, 2.05) is 0 Å². The van der Waals surface area contributed by atoms with Gasteiger partial charge in [-0.15, -0.1) is 0 Å². The van der Waals surface area contributed by atoms with Gasteiger partial charge in [0.15, 0.2) is 0 Å². The highest BCUT2D eigenvalue weighted by atomic mass is 32.2. The summed E-state index contributed by atoms with van der Waals surface area (Å²) in [6.07, 6.45) is 6.24. The molecule has 3 fully saturated rings. The van der Waals surface area contributed by atoms with E-state index in [0.29, 0.717) is 31.3 Å². The quantitative estimate of drug-likeness (QED) is 0.715. The molecule has 0 bridgehead atoms. The standard InChI is InChI=1S/C20H22F2N4O3S/c21-14-3-4-17(22)19(7-14)30(27,28)26-6-5-25-12-16(8-15(25)11-26)29-20-10-23-18(9-24-20)13-1-2-13/h3-4,7,9-10,13,15-16H,1-2,5-6,8,11-12H2/t15-,16+/m0/s1. The fourth-order valence-electron chi connectivity index (χ4n) is 4.23. The van der Waals surface area contributed by atoms with E-state index in [1.54, 1.807) is 12.4 Å². The molecule has 1 aromatic heterocycles. The van der Waals surface area contributed by atoms with E-state index >= 15 is 0 Å². The summed E-state index contributed by atoms with van der Waals surface area (Å²) in [6, 6.07) is 2.44. The van der Waals surface area contributed by atoms with Crippen molar-refractivity contribution in [2.75, 3.05) is 26.2 Å². The number of rotatable bonds is 5. The Hall–Kier alpha value is -2.17. The smallest absolute Gasteiger partial charge is 0.246 e. The maximum absolute atomic E-state index is 14.1. The van der Waals surface area contributed by atoms with Crippen molar-refractivity contribution in [2.45, 2.75) is 42.2 Å². The summed E-state index contributed by atoms with van der Waals surface area (Å²) in [5.74, 6) is -0.727. The van der Waals surface area contributed by atoms with Crippen LogP contribution in [0.1, 0.15) is 30.9 Å². The van der Waals surface area contributed by atoms with Crippen LogP contribution in [0.15, 0.2) is 35.5 Å². The number of fused-ring (bicyclic) bond motifs is 1. The van der Waals surface area contributed by atoms with Crippen LogP contribution in [0.4, 0.5) is 8.78 Å². The second-order valence-corrected chi connectivity index (χ2v) is 10.0. The number of hydrogen-bond donors (Lipinski definition) is 0. The number of nitrogens with zero attached hydrogens (tertiary/aromatic N) is 4. The normalized spacial score (nSPS) is 25.3. The average molecular weight is 436 g/mol. The Morgan fingerprint density at radius 3 is 2.63 bits per heavy atom. The molecule has 160 valence electrons. The molecule has 1 saturated carbocycles. The van der Waals surface area contributed by atoms with Crippen molar-refractivity contribution < 1.29 is 21.9 Å². The number of aromatic nitrogens is 2. The Kier molecular flexibility index (Phi) is 4.95. The van der Waals surface area contributed by atoms with Crippen molar-refractivity contribution in [3.8, 4) is 5.88 Å². The largest absolute Gasteiger partial charge is 0.472 e. The lowest BCUT2D eigenvalue weighted by atomic mass is 10.2. The molecule has 2 aromatic rings. The van der Waals surface area contributed by atoms with Crippen molar-refractivity contribution in [1.29, 1.82) is 0 Å². The Balaban J connectivity index is 1.25. The Bertz CT molecular complexity index is 1050. The molecule has 0 spiro atoms. The molecule has 0 unspecified atom stereocenters. The summed E-state index contributed by atoms with van der Waals surface area (Å²) in [5.41, 5.74) is 0.997. The zero-order chi connectivity index (χ0) is 20.9. The molecule has 10 heteroatoms. The van der Waals surface area contributed by atoms with E-state index in [0.717, 1.165) is 36.7 Å². The summed E-state index contributed by atoms with van der Waals surface area (Å²) in [5, 5.41) is 0. The first-order valence-electron chi connectivity index (χ1n) is 10.1. The zero-order valence-electron chi connectivity index (χ0n) is 16.2. The van der Waals surface area contributed by atoms with Crippen molar-refractivity contribution in [2.24, 2.45) is 0 Å². The predicted octanol–water partition coefficient (Wildman–Crippen LogP) is 2.16. The summed E-state index contributed by atoms with van der Waals surface area (Å²) in [7, 11) is -4.11. The Labute approximate surface area is 173 Å². The van der Waals surface area contributed by atoms with E-state index in [2.05, 4.69) is 14.9 Å². The fraction of sp³-hybridized carbons (Fsp3) is 0.500. The third-order valence-corrected chi connectivity index (χ3v) is 7.86. The minimum atomic E-state index is -4.11. The second kappa shape index (κ2) is 7.51. The van der Waals surface area contributed by atoms with Gasteiger partial charge in [0.1, 0.15) is 22.6 Å². The zero-order valence-corrected chi connectivity index (χ0v) is 17.1. The van der Waals surface area contributed by atoms with Gasteiger partial charge in [-0.25, -0.2) is 22.2 Å². The van der Waals surface area contributed by atoms with Crippen molar-refractivity contribution in [3.05, 3.63) is 47.9 Å². The van der Waals surface area contributed by atoms with E-state index in [4.69, 9.17) is 4.74 Å². The molecule has 7 nitrogen and oxygen atoms in total. The highest BCUT2D eigenvalue weighted by molar-refractivity contribution is 7.89. The SMILES string of the molecule is O=S(=O)(c1cc(F)ccc1F)N1CCN2C[C@H](Oc3cnc(C4CC4)cn3)C[C@H]2C1. The first-order chi connectivity index (χ1) is 14.4. The van der Waals surface area contributed by atoms with Crippen LogP contribution in [-0.2, 0) is 10.0 Å². The molecule has 2 aliphatic heterocycles. The van der Waals surface area contributed by atoms with Crippen LogP contribution in [0.25, 0.3) is 0 Å². The monoisotopic (exact) mass is 436 g/mol. The van der Waals surface area contributed by atoms with Crippen LogP contribution >= 0.6 is 0 Å². The Morgan fingerprint density at radius 1 is 1.07 bits per heavy atom. The maximum atomic E-state index is 14.1. The molecule has 0 radical (unpaired) electrons. The topological polar surface area (TPSA) is 75.6 Å². The number of ether oxygens (including phenoxy) is 1. The highest BCUT2D eigenvalue weighted by Gasteiger charge is 2.41. The van der Waals surface area contributed by atoms with E-state index in [-0.39, 0.29) is 25.2 Å². The highest BCUT2D eigenvalue weighted by Crippen LogP contribution is 2.38.